The minimum absolute atomic E-state index is 0.131. The van der Waals surface area contributed by atoms with E-state index in [0.717, 1.165) is 43.4 Å². The van der Waals surface area contributed by atoms with Crippen molar-refractivity contribution in [2.75, 3.05) is 24.6 Å². The standard InChI is InChI=1S/C13H18N2O2S/c1-13(2)8-15(6-7-17-13)12-14-11-9(16)4-3-5-10(11)18-12/h3-8H2,1-2H3. The fourth-order valence-electron chi connectivity index (χ4n) is 2.57. The van der Waals surface area contributed by atoms with Crippen molar-refractivity contribution in [3.05, 3.63) is 10.6 Å². The van der Waals surface area contributed by atoms with Crippen LogP contribution < -0.4 is 4.90 Å². The van der Waals surface area contributed by atoms with Gasteiger partial charge in [0.2, 0.25) is 0 Å². The molecule has 0 aromatic carbocycles. The highest BCUT2D eigenvalue weighted by molar-refractivity contribution is 7.16. The highest BCUT2D eigenvalue weighted by atomic mass is 32.1. The van der Waals surface area contributed by atoms with Crippen LogP contribution in [0.2, 0.25) is 0 Å². The van der Waals surface area contributed by atoms with Crippen molar-refractivity contribution in [3.8, 4) is 0 Å². The van der Waals surface area contributed by atoms with Crippen LogP contribution in [-0.4, -0.2) is 36.1 Å². The Morgan fingerprint density at radius 2 is 2.22 bits per heavy atom. The molecular formula is C13H18N2O2S. The van der Waals surface area contributed by atoms with E-state index in [1.165, 1.54) is 4.88 Å². The Balaban J connectivity index is 1.87. The van der Waals surface area contributed by atoms with Crippen molar-refractivity contribution in [3.63, 3.8) is 0 Å². The number of anilines is 1. The van der Waals surface area contributed by atoms with Crippen LogP contribution in [0, 0.1) is 0 Å². The lowest BCUT2D eigenvalue weighted by Gasteiger charge is -2.37. The lowest BCUT2D eigenvalue weighted by Crippen LogP contribution is -2.48. The van der Waals surface area contributed by atoms with Gasteiger partial charge in [0, 0.05) is 24.4 Å². The predicted molar refractivity (Wildman–Crippen MR) is 71.6 cm³/mol. The molecule has 0 saturated carbocycles. The zero-order chi connectivity index (χ0) is 12.8. The monoisotopic (exact) mass is 266 g/mol. The van der Waals surface area contributed by atoms with E-state index in [0.29, 0.717) is 6.42 Å². The van der Waals surface area contributed by atoms with Crippen LogP contribution in [0.25, 0.3) is 0 Å². The molecule has 18 heavy (non-hydrogen) atoms. The Labute approximate surface area is 111 Å². The van der Waals surface area contributed by atoms with Crippen LogP contribution in [-0.2, 0) is 11.2 Å². The summed E-state index contributed by atoms with van der Waals surface area (Å²) in [6, 6.07) is 0. The number of ether oxygens (including phenoxy) is 1. The van der Waals surface area contributed by atoms with Crippen LogP contribution in [0.1, 0.15) is 42.1 Å². The Bertz CT molecular complexity index is 481. The molecule has 1 aromatic rings. The summed E-state index contributed by atoms with van der Waals surface area (Å²) in [5, 5.41) is 0.992. The van der Waals surface area contributed by atoms with Crippen LogP contribution in [0.4, 0.5) is 5.13 Å². The zero-order valence-corrected chi connectivity index (χ0v) is 11.7. The number of hydrogen-bond acceptors (Lipinski definition) is 5. The first-order chi connectivity index (χ1) is 8.55. The topological polar surface area (TPSA) is 42.4 Å². The third-order valence-corrected chi connectivity index (χ3v) is 4.63. The maximum Gasteiger partial charge on any atom is 0.186 e. The van der Waals surface area contributed by atoms with Gasteiger partial charge in [0.05, 0.1) is 12.2 Å². The summed E-state index contributed by atoms with van der Waals surface area (Å²) in [5.41, 5.74) is 0.597. The molecule has 1 aliphatic heterocycles. The van der Waals surface area contributed by atoms with Gasteiger partial charge in [-0.1, -0.05) is 0 Å². The van der Waals surface area contributed by atoms with E-state index in [2.05, 4.69) is 23.7 Å². The van der Waals surface area contributed by atoms with Crippen LogP contribution in [0.5, 0.6) is 0 Å². The number of ketones is 1. The highest BCUT2D eigenvalue weighted by Crippen LogP contribution is 2.33. The van der Waals surface area contributed by atoms with Gasteiger partial charge < -0.3 is 9.64 Å². The van der Waals surface area contributed by atoms with E-state index in [-0.39, 0.29) is 11.4 Å². The number of carbonyl (C=O) groups excluding carboxylic acids is 1. The minimum atomic E-state index is -0.131. The third-order valence-electron chi connectivity index (χ3n) is 3.45. The number of aryl methyl sites for hydroxylation is 1. The van der Waals surface area contributed by atoms with E-state index >= 15 is 0 Å². The molecule has 0 N–H and O–H groups in total. The fraction of sp³-hybridized carbons (Fsp3) is 0.692. The van der Waals surface area contributed by atoms with E-state index in [4.69, 9.17) is 4.74 Å². The van der Waals surface area contributed by atoms with Gasteiger partial charge >= 0.3 is 0 Å². The first-order valence-corrected chi connectivity index (χ1v) is 7.29. The van der Waals surface area contributed by atoms with Crippen molar-refractivity contribution in [2.45, 2.75) is 38.7 Å². The van der Waals surface area contributed by atoms with Crippen LogP contribution in [0.15, 0.2) is 0 Å². The molecule has 5 heteroatoms. The zero-order valence-electron chi connectivity index (χ0n) is 10.9. The van der Waals surface area contributed by atoms with Crippen LogP contribution in [0.3, 0.4) is 0 Å². The van der Waals surface area contributed by atoms with Crippen molar-refractivity contribution < 1.29 is 9.53 Å². The summed E-state index contributed by atoms with van der Waals surface area (Å²) in [6.07, 6.45) is 2.64. The molecule has 0 spiro atoms. The van der Waals surface area contributed by atoms with E-state index in [1.54, 1.807) is 11.3 Å². The smallest absolute Gasteiger partial charge is 0.186 e. The number of thiazole rings is 1. The van der Waals surface area contributed by atoms with E-state index in [9.17, 15) is 4.79 Å². The first-order valence-electron chi connectivity index (χ1n) is 6.47. The summed E-state index contributed by atoms with van der Waals surface area (Å²) in [6.45, 7) is 6.62. The first kappa shape index (κ1) is 12.1. The average molecular weight is 266 g/mol. The van der Waals surface area contributed by atoms with Gasteiger partial charge in [-0.25, -0.2) is 4.98 Å². The Kier molecular flexibility index (Phi) is 2.90. The molecule has 0 atom stereocenters. The molecule has 0 unspecified atom stereocenters. The number of fused-ring (bicyclic) bond motifs is 1. The van der Waals surface area contributed by atoms with Crippen molar-refractivity contribution in [1.82, 2.24) is 4.98 Å². The van der Waals surface area contributed by atoms with Crippen LogP contribution >= 0.6 is 11.3 Å². The largest absolute Gasteiger partial charge is 0.372 e. The maximum absolute atomic E-state index is 11.8. The van der Waals surface area contributed by atoms with Gasteiger partial charge in [-0.3, -0.25) is 4.79 Å². The number of nitrogens with zero attached hydrogens (tertiary/aromatic N) is 2. The minimum Gasteiger partial charge on any atom is -0.372 e. The molecule has 1 saturated heterocycles. The van der Waals surface area contributed by atoms with E-state index in [1.807, 2.05) is 0 Å². The SMILES string of the molecule is CC1(C)CN(c2nc3c(s2)CCCC3=O)CCO1. The molecule has 1 aromatic heterocycles. The van der Waals surface area contributed by atoms with Gasteiger partial charge in [-0.2, -0.15) is 0 Å². The molecule has 2 aliphatic rings. The number of aromatic nitrogens is 1. The maximum atomic E-state index is 11.8. The second kappa shape index (κ2) is 4.31. The molecule has 98 valence electrons. The molecule has 1 aliphatic carbocycles. The molecule has 4 nitrogen and oxygen atoms in total. The second-order valence-electron chi connectivity index (χ2n) is 5.57. The fourth-order valence-corrected chi connectivity index (χ4v) is 3.71. The predicted octanol–water partition coefficient (Wildman–Crippen LogP) is 2.28. The average Bonchev–Trinajstić information content (AvgIpc) is 2.73. The number of Topliss-reactive ketones (excluding diaryl/α,β-unsaturated/α-hetero) is 1. The Morgan fingerprint density at radius 1 is 1.39 bits per heavy atom. The van der Waals surface area contributed by atoms with E-state index < -0.39 is 0 Å². The quantitative estimate of drug-likeness (QED) is 0.782. The summed E-state index contributed by atoms with van der Waals surface area (Å²) in [4.78, 5) is 19.8. The van der Waals surface area contributed by atoms with Crippen molar-refractivity contribution in [2.24, 2.45) is 0 Å². The van der Waals surface area contributed by atoms with Gasteiger partial charge in [0.15, 0.2) is 10.9 Å². The lowest BCUT2D eigenvalue weighted by molar-refractivity contribution is -0.0277. The van der Waals surface area contributed by atoms with Crippen molar-refractivity contribution >= 4 is 22.3 Å². The molecule has 0 bridgehead atoms. The normalized spacial score (nSPS) is 23.0. The number of hydrogen-bond donors (Lipinski definition) is 0. The molecule has 2 heterocycles. The van der Waals surface area contributed by atoms with Gasteiger partial charge in [0.1, 0.15) is 5.69 Å². The number of carbonyl (C=O) groups is 1. The van der Waals surface area contributed by atoms with Gasteiger partial charge in [-0.15, -0.1) is 11.3 Å². The molecular weight excluding hydrogens is 248 g/mol. The van der Waals surface area contributed by atoms with Gasteiger partial charge in [0.25, 0.3) is 0 Å². The highest BCUT2D eigenvalue weighted by Gasteiger charge is 2.30. The van der Waals surface area contributed by atoms with Crippen molar-refractivity contribution in [1.29, 1.82) is 0 Å². The second-order valence-corrected chi connectivity index (χ2v) is 6.64. The lowest BCUT2D eigenvalue weighted by atomic mass is 10.0. The Morgan fingerprint density at radius 3 is 2.94 bits per heavy atom. The molecule has 0 amide bonds. The molecule has 1 fully saturated rings. The summed E-state index contributed by atoms with van der Waals surface area (Å²) >= 11 is 1.68. The Hall–Kier alpha value is -0.940. The summed E-state index contributed by atoms with van der Waals surface area (Å²) in [5.74, 6) is 0.214. The third kappa shape index (κ3) is 2.17. The number of morpholine rings is 1. The molecule has 0 radical (unpaired) electrons. The number of rotatable bonds is 1. The molecule has 3 rings (SSSR count). The van der Waals surface area contributed by atoms with Gasteiger partial charge in [-0.05, 0) is 26.7 Å². The summed E-state index contributed by atoms with van der Waals surface area (Å²) < 4.78 is 5.71. The summed E-state index contributed by atoms with van der Waals surface area (Å²) in [7, 11) is 0.